The van der Waals surface area contributed by atoms with Gasteiger partial charge in [0.25, 0.3) is 0 Å². The lowest BCUT2D eigenvalue weighted by atomic mass is 10.2. The van der Waals surface area contributed by atoms with Crippen LogP contribution in [0, 0.1) is 26.2 Å². The van der Waals surface area contributed by atoms with E-state index in [4.69, 9.17) is 5.41 Å². The molecular weight excluding hydrogens is 318 g/mol. The van der Waals surface area contributed by atoms with Crippen LogP contribution in [-0.4, -0.2) is 19.1 Å². The molecule has 0 bridgehead atoms. The number of benzene rings is 1. The van der Waals surface area contributed by atoms with Gasteiger partial charge in [-0.3, -0.25) is 14.5 Å². The van der Waals surface area contributed by atoms with Crippen LogP contribution in [0.25, 0.3) is 21.9 Å². The maximum Gasteiger partial charge on any atom is 0.196 e. The molecule has 6 heteroatoms. The van der Waals surface area contributed by atoms with Crippen molar-refractivity contribution >= 4 is 22.4 Å². The van der Waals surface area contributed by atoms with Crippen molar-refractivity contribution in [2.24, 2.45) is 0 Å². The third kappa shape index (κ3) is 2.11. The fourth-order valence-electron chi connectivity index (χ4n) is 2.97. The number of rotatable bonds is 2. The Morgan fingerprint density at radius 1 is 1.04 bits per heavy atom. The van der Waals surface area contributed by atoms with Gasteiger partial charge in [-0.2, -0.15) is 0 Å². The molecule has 0 unspecified atom stereocenters. The first-order valence-electron chi connectivity index (χ1n) is 7.68. The van der Waals surface area contributed by atoms with E-state index in [0.717, 1.165) is 33.1 Å². The summed E-state index contributed by atoms with van der Waals surface area (Å²) < 4.78 is 3.85. The normalized spacial score (nSPS) is 11.3. The van der Waals surface area contributed by atoms with Crippen molar-refractivity contribution in [1.82, 2.24) is 19.1 Å². The third-order valence-corrected chi connectivity index (χ3v) is 5.15. The van der Waals surface area contributed by atoms with Crippen molar-refractivity contribution in [3.05, 3.63) is 64.5 Å². The topological polar surface area (TPSA) is 59.5 Å². The molecule has 0 atom stereocenters. The lowest BCUT2D eigenvalue weighted by molar-refractivity contribution is 0.891. The number of nitrogens with zero attached hydrogens (tertiary/aromatic N) is 4. The minimum Gasteiger partial charge on any atom is -0.298 e. The Bertz CT molecular complexity index is 1090. The highest BCUT2D eigenvalue weighted by Gasteiger charge is 2.17. The van der Waals surface area contributed by atoms with Gasteiger partial charge in [0.05, 0.1) is 5.39 Å². The number of fused-ring (bicyclic) bond motifs is 1. The minimum absolute atomic E-state index is 0.418. The molecule has 0 aliphatic carbocycles. The van der Waals surface area contributed by atoms with Gasteiger partial charge in [-0.1, -0.05) is 17.7 Å². The molecule has 3 heterocycles. The third-order valence-electron chi connectivity index (χ3n) is 4.38. The Morgan fingerprint density at radius 2 is 1.79 bits per heavy atom. The van der Waals surface area contributed by atoms with Gasteiger partial charge in [-0.05, 0) is 38.5 Å². The van der Waals surface area contributed by atoms with Crippen LogP contribution in [0.15, 0.2) is 42.2 Å². The molecule has 24 heavy (non-hydrogen) atoms. The van der Waals surface area contributed by atoms with Crippen molar-refractivity contribution in [2.45, 2.75) is 20.8 Å². The molecule has 0 saturated carbocycles. The van der Waals surface area contributed by atoms with Crippen molar-refractivity contribution in [1.29, 1.82) is 5.41 Å². The van der Waals surface area contributed by atoms with Crippen LogP contribution >= 0.6 is 11.3 Å². The molecule has 1 aromatic carbocycles. The Hall–Kier alpha value is -2.73. The minimum atomic E-state index is 0.418. The molecule has 0 amide bonds. The number of aryl methyl sites for hydroxylation is 2. The predicted molar refractivity (Wildman–Crippen MR) is 96.1 cm³/mol. The average Bonchev–Trinajstić information content (AvgIpc) is 3.18. The number of thiazole rings is 1. The molecule has 0 spiro atoms. The monoisotopic (exact) mass is 335 g/mol. The largest absolute Gasteiger partial charge is 0.298 e. The smallest absolute Gasteiger partial charge is 0.196 e. The average molecular weight is 335 g/mol. The maximum absolute atomic E-state index is 8.64. The second-order valence-electron chi connectivity index (χ2n) is 5.86. The van der Waals surface area contributed by atoms with Gasteiger partial charge in [0.1, 0.15) is 17.5 Å². The van der Waals surface area contributed by atoms with Crippen molar-refractivity contribution < 1.29 is 0 Å². The van der Waals surface area contributed by atoms with Crippen LogP contribution in [0.1, 0.15) is 16.8 Å². The van der Waals surface area contributed by atoms with Crippen molar-refractivity contribution in [2.75, 3.05) is 0 Å². The van der Waals surface area contributed by atoms with E-state index >= 15 is 0 Å². The van der Waals surface area contributed by atoms with Gasteiger partial charge in [0.2, 0.25) is 0 Å². The summed E-state index contributed by atoms with van der Waals surface area (Å²) in [6.45, 7) is 6.20. The van der Waals surface area contributed by atoms with Crippen LogP contribution in [0.5, 0.6) is 0 Å². The van der Waals surface area contributed by atoms with E-state index in [0.29, 0.717) is 5.49 Å². The standard InChI is InChI=1S/C18H17N5S/c1-11-4-6-14(7-5-11)23-13(3)12(2)15-16(19)22(10-21-17(15)23)18-20-8-9-24-18/h4-10,19H,1-3H3. The summed E-state index contributed by atoms with van der Waals surface area (Å²) >= 11 is 1.50. The fraction of sp³-hybridized carbons (Fsp3) is 0.167. The molecule has 0 aliphatic rings. The molecule has 5 nitrogen and oxygen atoms in total. The highest BCUT2D eigenvalue weighted by molar-refractivity contribution is 7.12. The molecule has 120 valence electrons. The van der Waals surface area contributed by atoms with E-state index in [2.05, 4.69) is 52.6 Å². The van der Waals surface area contributed by atoms with E-state index < -0.39 is 0 Å². The molecule has 1 N–H and O–H groups in total. The Kier molecular flexibility index (Phi) is 3.35. The van der Waals surface area contributed by atoms with Gasteiger partial charge in [0, 0.05) is 23.0 Å². The van der Waals surface area contributed by atoms with Crippen LogP contribution in [0.4, 0.5) is 0 Å². The molecule has 0 aliphatic heterocycles. The van der Waals surface area contributed by atoms with E-state index in [9.17, 15) is 0 Å². The Labute approximate surface area is 143 Å². The van der Waals surface area contributed by atoms with E-state index in [1.807, 2.05) is 12.3 Å². The molecule has 0 saturated heterocycles. The SMILES string of the molecule is Cc1ccc(-n2c(C)c(C)c3c(=N)n(-c4nccs4)cnc32)cc1. The first-order chi connectivity index (χ1) is 11.6. The quantitative estimate of drug-likeness (QED) is 0.607. The summed E-state index contributed by atoms with van der Waals surface area (Å²) in [7, 11) is 0. The zero-order valence-corrected chi connectivity index (χ0v) is 14.6. The number of aromatic nitrogens is 4. The fourth-order valence-corrected chi connectivity index (χ4v) is 3.59. The van der Waals surface area contributed by atoms with Crippen LogP contribution in [0.2, 0.25) is 0 Å². The molecule has 0 fully saturated rings. The van der Waals surface area contributed by atoms with E-state index in [-0.39, 0.29) is 0 Å². The first-order valence-corrected chi connectivity index (χ1v) is 8.56. The Balaban J connectivity index is 2.04. The summed E-state index contributed by atoms with van der Waals surface area (Å²) in [6, 6.07) is 8.37. The number of nitrogens with one attached hydrogen (secondary N) is 1. The van der Waals surface area contributed by atoms with E-state index in [1.165, 1.54) is 16.9 Å². The summed E-state index contributed by atoms with van der Waals surface area (Å²) in [5.74, 6) is 0. The Morgan fingerprint density at radius 3 is 2.46 bits per heavy atom. The lowest BCUT2D eigenvalue weighted by Gasteiger charge is -2.09. The van der Waals surface area contributed by atoms with Gasteiger partial charge < -0.3 is 0 Å². The molecule has 3 aromatic heterocycles. The van der Waals surface area contributed by atoms with Gasteiger partial charge in [-0.15, -0.1) is 11.3 Å². The van der Waals surface area contributed by atoms with Gasteiger partial charge in [0.15, 0.2) is 5.13 Å². The predicted octanol–water partition coefficient (Wildman–Crippen LogP) is 3.68. The number of hydrogen-bond donors (Lipinski definition) is 1. The van der Waals surface area contributed by atoms with Crippen molar-refractivity contribution in [3.63, 3.8) is 0 Å². The summed E-state index contributed by atoms with van der Waals surface area (Å²) in [6.07, 6.45) is 3.43. The van der Waals surface area contributed by atoms with E-state index in [1.54, 1.807) is 17.1 Å². The summed E-state index contributed by atoms with van der Waals surface area (Å²) in [4.78, 5) is 8.95. The highest BCUT2D eigenvalue weighted by atomic mass is 32.1. The zero-order valence-electron chi connectivity index (χ0n) is 13.7. The van der Waals surface area contributed by atoms with Gasteiger partial charge >= 0.3 is 0 Å². The van der Waals surface area contributed by atoms with Crippen molar-refractivity contribution in [3.8, 4) is 10.8 Å². The van der Waals surface area contributed by atoms with Crippen LogP contribution < -0.4 is 5.49 Å². The molecular formula is C18H17N5S. The molecule has 4 aromatic rings. The van der Waals surface area contributed by atoms with Crippen LogP contribution in [0.3, 0.4) is 0 Å². The maximum atomic E-state index is 8.64. The van der Waals surface area contributed by atoms with Gasteiger partial charge in [-0.25, -0.2) is 9.97 Å². The molecule has 4 rings (SSSR count). The summed E-state index contributed by atoms with van der Waals surface area (Å²) in [5.41, 5.74) is 5.70. The lowest BCUT2D eigenvalue weighted by Crippen LogP contribution is -2.19. The summed E-state index contributed by atoms with van der Waals surface area (Å²) in [5, 5.41) is 12.2. The molecule has 0 radical (unpaired) electrons. The highest BCUT2D eigenvalue weighted by Crippen LogP contribution is 2.25. The van der Waals surface area contributed by atoms with Crippen LogP contribution in [-0.2, 0) is 0 Å². The zero-order chi connectivity index (χ0) is 16.8. The second-order valence-corrected chi connectivity index (χ2v) is 6.73. The second kappa shape index (κ2) is 5.42. The number of hydrogen-bond acceptors (Lipinski definition) is 4. The first kappa shape index (κ1) is 14.8.